The van der Waals surface area contributed by atoms with Gasteiger partial charge in [-0.2, -0.15) is 15.3 Å². The van der Waals surface area contributed by atoms with Gasteiger partial charge in [-0.25, -0.2) is 9.36 Å². The first kappa shape index (κ1) is 98.7. The molecule has 2 saturated heterocycles. The van der Waals surface area contributed by atoms with Crippen LogP contribution in [-0.2, 0) is 116 Å². The van der Waals surface area contributed by atoms with Crippen LogP contribution in [0.25, 0.3) is 66.9 Å². The van der Waals surface area contributed by atoms with Gasteiger partial charge in [-0.15, -0.1) is 11.6 Å². The number of alkyl halides is 1. The van der Waals surface area contributed by atoms with Crippen molar-refractivity contribution in [2.75, 3.05) is 73.5 Å². The number of aryl methyl sites for hydroxylation is 6. The molecule has 5 N–H and O–H groups in total. The Morgan fingerprint density at radius 1 is 0.545 bits per heavy atom. The van der Waals surface area contributed by atoms with Crippen LogP contribution < -0.4 is 158 Å². The fraction of sp³-hybridized carbons (Fsp3) is 0.570. The summed E-state index contributed by atoms with van der Waals surface area (Å²) in [5, 5.41) is 32.5. The Balaban J connectivity index is 0.000000179. The summed E-state index contributed by atoms with van der Waals surface area (Å²) in [7, 11) is -2.22. The minimum Gasteiger partial charge on any atom is -1.00 e. The first-order valence-electron chi connectivity index (χ1n) is 44.4. The molecule has 123 heavy (non-hydrogen) atoms. The van der Waals surface area contributed by atoms with E-state index in [0.717, 1.165) is 263 Å². The zero-order valence-electron chi connectivity index (χ0n) is 75.7. The summed E-state index contributed by atoms with van der Waals surface area (Å²) in [6.45, 7) is 32.6. The molecule has 0 atom stereocenters. The molecule has 654 valence electrons. The van der Waals surface area contributed by atoms with Crippen LogP contribution in [0.4, 0.5) is 17.1 Å². The van der Waals surface area contributed by atoms with E-state index >= 15 is 0 Å². The Bertz CT molecular complexity index is 5300. The minimum absolute atomic E-state index is 0. The maximum atomic E-state index is 14.0. The van der Waals surface area contributed by atoms with Gasteiger partial charge in [0.05, 0.1) is 51.1 Å². The van der Waals surface area contributed by atoms with Gasteiger partial charge in [-0.1, -0.05) is 101 Å². The molecule has 9 aliphatic rings. The topological polar surface area (TPSA) is 307 Å². The molecular weight excluding hydrogens is 1850 g/mol. The molecule has 18 rings (SSSR count). The van der Waals surface area contributed by atoms with Crippen LogP contribution in [0.3, 0.4) is 0 Å². The van der Waals surface area contributed by atoms with Crippen molar-refractivity contribution in [2.24, 2.45) is 5.92 Å². The summed E-state index contributed by atoms with van der Waals surface area (Å²) in [4.78, 5) is 108. The molecule has 0 radical (unpaired) electrons. The van der Waals surface area contributed by atoms with Gasteiger partial charge < -0.3 is 60.9 Å². The Labute approximate surface area is 851 Å². The second-order valence-electron chi connectivity index (χ2n) is 36.9. The van der Waals surface area contributed by atoms with Gasteiger partial charge in [-0.05, 0) is 233 Å². The van der Waals surface area contributed by atoms with Crippen LogP contribution in [0.5, 0.6) is 0 Å². The van der Waals surface area contributed by atoms with E-state index in [-0.39, 0.29) is 207 Å². The molecule has 11 heterocycles. The van der Waals surface area contributed by atoms with Gasteiger partial charge in [-0.3, -0.25) is 38.7 Å². The number of hydrogen-bond acceptors (Lipinski definition) is 14. The van der Waals surface area contributed by atoms with E-state index < -0.39 is 32.4 Å². The van der Waals surface area contributed by atoms with Gasteiger partial charge in [0.15, 0.2) is 5.78 Å². The van der Waals surface area contributed by atoms with Gasteiger partial charge in [0.1, 0.15) is 37.9 Å². The van der Waals surface area contributed by atoms with Crippen LogP contribution in [0.15, 0.2) is 55.0 Å². The third kappa shape index (κ3) is 20.2. The van der Waals surface area contributed by atoms with Crippen molar-refractivity contribution in [2.45, 2.75) is 278 Å². The number of fused-ring (bicyclic) bond motifs is 18. The molecule has 1 saturated carbocycles. The zero-order chi connectivity index (χ0) is 85.2. The number of halogens is 1. The van der Waals surface area contributed by atoms with E-state index in [0.29, 0.717) is 32.2 Å². The number of H-pyrrole nitrogens is 4. The molecule has 0 unspecified atom stereocenters. The second kappa shape index (κ2) is 42.3. The van der Waals surface area contributed by atoms with Crippen molar-refractivity contribution in [3.8, 4) is 34.2 Å². The van der Waals surface area contributed by atoms with Crippen molar-refractivity contribution in [3.05, 3.63) is 105 Å². The van der Waals surface area contributed by atoms with E-state index in [2.05, 4.69) is 165 Å². The van der Waals surface area contributed by atoms with E-state index in [1.54, 1.807) is 9.80 Å². The Morgan fingerprint density at radius 3 is 1.35 bits per heavy atom. The van der Waals surface area contributed by atoms with Crippen molar-refractivity contribution in [1.82, 2.24) is 54.5 Å². The van der Waals surface area contributed by atoms with E-state index in [1.807, 2.05) is 25.4 Å². The third-order valence-corrected chi connectivity index (χ3v) is 31.2. The van der Waals surface area contributed by atoms with Gasteiger partial charge in [0, 0.05) is 124 Å². The molecule has 0 bridgehead atoms. The van der Waals surface area contributed by atoms with E-state index in [4.69, 9.17) is 41.3 Å². The number of carbonyl (C=O) groups is 7. The number of anilines is 3. The van der Waals surface area contributed by atoms with Crippen LogP contribution in [0, 0.1) is 5.92 Å². The molecule has 30 heteroatoms. The number of ether oxygens (including phenoxy) is 2. The molecule has 9 aromatic rings. The average Bonchev–Trinajstić information content (AvgIpc) is 1.56. The number of hydrogen-bond donors (Lipinski definition) is 5. The summed E-state index contributed by atoms with van der Waals surface area (Å²) in [5.74, 6) is 1.16. The Morgan fingerprint density at radius 2 is 0.943 bits per heavy atom. The molecule has 3 aromatic carbocycles. The summed E-state index contributed by atoms with van der Waals surface area (Å²) in [6, 6.07) is 15.4. The number of aromatic nitrogens is 9. The third-order valence-electron chi connectivity index (χ3n) is 27.5. The number of rotatable bonds is 23. The molecule has 6 aromatic heterocycles. The predicted molar refractivity (Wildman–Crippen MR) is 484 cm³/mol. The van der Waals surface area contributed by atoms with Gasteiger partial charge in [0.25, 0.3) is 6.47 Å². The molecule has 5 amide bonds. The number of amides is 5. The first-order valence-corrected chi connectivity index (χ1v) is 52.4. The predicted octanol–water partition coefficient (Wildman–Crippen LogP) is 11.0. The number of ketones is 1. The maximum Gasteiger partial charge on any atom is 1.00 e. The molecule has 5 aliphatic heterocycles. The van der Waals surface area contributed by atoms with Crippen LogP contribution in [0.1, 0.15) is 210 Å². The number of likely N-dealkylation sites (tertiary alicyclic amines) is 2. The summed E-state index contributed by atoms with van der Waals surface area (Å²) >= 11 is 5.38. The quantitative estimate of drug-likeness (QED) is 0.00993. The van der Waals surface area contributed by atoms with Gasteiger partial charge >= 0.3 is 138 Å². The Hall–Kier alpha value is -4.89. The molecule has 3 fully saturated rings. The normalized spacial score (nSPS) is 17.4. The second-order valence-corrected chi connectivity index (χ2v) is 48.4. The van der Waals surface area contributed by atoms with Crippen molar-refractivity contribution >= 4 is 119 Å². The summed E-state index contributed by atoms with van der Waals surface area (Å²) in [6.07, 6.45) is 28.6. The number of benzene rings is 3. The number of nitrogens with one attached hydrogen (secondary N) is 5. The number of Topliss-reactive ketones (excluding diaryl/α,β-unsaturated/α-hetero) is 1. The van der Waals surface area contributed by atoms with Crippen molar-refractivity contribution in [3.63, 3.8) is 0 Å². The van der Waals surface area contributed by atoms with Crippen LogP contribution in [-0.4, -0.2) is 171 Å². The van der Waals surface area contributed by atoms with Crippen molar-refractivity contribution < 1.29 is 192 Å². The number of carbonyl (C=O) groups excluding carboxylic acids is 7. The smallest absolute Gasteiger partial charge is 1.00 e. The average molecular weight is 1980 g/mol. The molecule has 25 nitrogen and oxygen atoms in total. The monoisotopic (exact) mass is 1970 g/mol. The van der Waals surface area contributed by atoms with Gasteiger partial charge in [0.2, 0.25) is 29.5 Å². The summed E-state index contributed by atoms with van der Waals surface area (Å²) in [5.41, 5.74) is 21.8. The molecule has 0 spiro atoms. The maximum absolute atomic E-state index is 14.0. The largest absolute Gasteiger partial charge is 1.00 e. The van der Waals surface area contributed by atoms with Crippen molar-refractivity contribution in [1.29, 1.82) is 0 Å². The van der Waals surface area contributed by atoms with E-state index in [9.17, 15) is 28.8 Å². The minimum atomic E-state index is -1.13. The molecule has 4 aliphatic carbocycles. The van der Waals surface area contributed by atoms with Crippen LogP contribution >= 0.6 is 11.6 Å². The number of nitrogens with zero attached hydrogens (tertiary/aromatic N) is 9. The fourth-order valence-corrected chi connectivity index (χ4v) is 21.9. The Kier molecular flexibility index (Phi) is 34.0. The molecular formula is C93H129ClCs2N14O11Si2. The fourth-order valence-electron chi connectivity index (χ4n) is 20.2. The standard InChI is InChI=1S/C32H45N5O3Si.C26H31N5O2.C26H36N4O2Si.C7H11ClO.CH2O3.CH4.2Cs.H/c1-6-32(7-2)25-18-26-24(17-27(25)37(31(32)39)20-28(38)35-13-8-9-14-35)23-12-10-11-22-19-36(34-29(22)30(23)33-26)21-40-15-16-41(3,4)5;1-3-26(4-2)19-13-20-18(17-9-7-8-16-14-27-29-23(16)24(17)28-20)12-21(19)31(25(26)33)15-22(32)30-10-5-6-11-30;1-6-26(7-2)20-14-21-19(13-22(20)28-25(26)31)18-10-8-9-17-15-30(29-23(17)24(18)27-21)16-32-11-12-33(3,4)5;8-5-7(9)6-3-1-2-4-6;2-1-4-3;;;;/h17-19,33H,6-16,20-21H2,1-5H3;12-14,28H,3-11,15H2,1-2H3,(H,27,29);13-15,27H,6-12,16H2,1-5H3,(H,28,31);6H,1-5H2;1,3H;1H4;;;/q;;;;;;2*+1;-1/p-1. The summed E-state index contributed by atoms with van der Waals surface area (Å²) < 4.78 is 15.8. The zero-order valence-corrected chi connectivity index (χ0v) is 90.0. The SMILES string of the molecule is C.CCC1(CC)C(=O)N(CC(=O)N2CCCC2)c2cc3c4c([nH]c3cc21)-c1[nH]ncc1CCC4.CCC1(CC)C(=O)N(CC(=O)N2CCCC2)c2cc3c4c([nH]c3cc21)-c1nn(COCC[Si](C)(C)C)cc1CCC4.CCC1(CC)C(=O)Nc2cc3c4c([nH]c3cc21)-c1nn(COCC[Si](C)(C)C)cc1CCC4.O=C(CCl)C1CCCC1.O=CO[O-].[Cs+].[Cs+].[H-]. The van der Waals surface area contributed by atoms with E-state index in [1.165, 1.54) is 57.7 Å². The van der Waals surface area contributed by atoms with Crippen LogP contribution in [0.2, 0.25) is 51.4 Å². The first-order chi connectivity index (χ1) is 57.7. The number of aromatic amines is 4.